The molecule has 2 heterocycles. The third-order valence-corrected chi connectivity index (χ3v) is 4.18. The van der Waals surface area contributed by atoms with E-state index in [4.69, 9.17) is 16.0 Å². The monoisotopic (exact) mass is 383 g/mol. The van der Waals surface area contributed by atoms with E-state index >= 15 is 0 Å². The highest BCUT2D eigenvalue weighted by Gasteiger charge is 2.12. The fraction of sp³-hybridized carbons (Fsp3) is 0.0556. The average molecular weight is 384 g/mol. The molecule has 4 aromatic rings. The van der Waals surface area contributed by atoms with Gasteiger partial charge in [0.25, 0.3) is 0 Å². The Balaban J connectivity index is 1.67. The number of nitrogens with one attached hydrogen (secondary N) is 2. The first-order valence-electron chi connectivity index (χ1n) is 7.98. The molecule has 8 nitrogen and oxygen atoms in total. The molecule has 4 rings (SSSR count). The Hall–Kier alpha value is -3.52. The molecular formula is C18H14ClN5O3. The lowest BCUT2D eigenvalue weighted by atomic mass is 10.3. The third kappa shape index (κ3) is 3.30. The van der Waals surface area contributed by atoms with E-state index in [-0.39, 0.29) is 10.8 Å². The third-order valence-electron chi connectivity index (χ3n) is 3.88. The number of fused-ring (bicyclic) bond motifs is 1. The number of anilines is 3. The van der Waals surface area contributed by atoms with Crippen LogP contribution in [0.5, 0.6) is 5.75 Å². The molecule has 2 aromatic heterocycles. The number of aromatic hydroxyl groups is 1. The molecule has 0 radical (unpaired) electrons. The van der Waals surface area contributed by atoms with Gasteiger partial charge in [-0.25, -0.2) is 9.78 Å². The normalized spacial score (nSPS) is 10.9. The molecule has 0 spiro atoms. The lowest BCUT2D eigenvalue weighted by molar-refractivity contribution is 0.475. The van der Waals surface area contributed by atoms with E-state index in [2.05, 4.69) is 20.7 Å². The van der Waals surface area contributed by atoms with Crippen molar-refractivity contribution < 1.29 is 9.52 Å². The second-order valence-corrected chi connectivity index (χ2v) is 6.21. The summed E-state index contributed by atoms with van der Waals surface area (Å²) in [5.41, 5.74) is 5.38. The number of hydrogen-bond acceptors (Lipinski definition) is 7. The van der Waals surface area contributed by atoms with E-state index in [0.717, 1.165) is 5.56 Å². The number of hydrogen-bond donors (Lipinski definition) is 3. The average Bonchev–Trinajstić information content (AvgIpc) is 2.96. The molecule has 3 N–H and O–H groups in total. The molecule has 136 valence electrons. The number of oxazole rings is 1. The van der Waals surface area contributed by atoms with Crippen molar-refractivity contribution in [2.75, 3.05) is 10.7 Å². The first-order chi connectivity index (χ1) is 13.0. The lowest BCUT2D eigenvalue weighted by Gasteiger charge is -2.11. The molecule has 27 heavy (non-hydrogen) atoms. The first kappa shape index (κ1) is 16.9. The van der Waals surface area contributed by atoms with Crippen LogP contribution >= 0.6 is 11.6 Å². The van der Waals surface area contributed by atoms with Crippen molar-refractivity contribution in [2.45, 2.75) is 6.92 Å². The van der Waals surface area contributed by atoms with Crippen LogP contribution in [0.3, 0.4) is 0 Å². The summed E-state index contributed by atoms with van der Waals surface area (Å²) in [4.78, 5) is 20.8. The van der Waals surface area contributed by atoms with Gasteiger partial charge in [0.15, 0.2) is 11.4 Å². The molecule has 2 aromatic carbocycles. The van der Waals surface area contributed by atoms with Gasteiger partial charge in [-0.05, 0) is 37.3 Å². The van der Waals surface area contributed by atoms with Crippen LogP contribution < -0.4 is 16.5 Å². The van der Waals surface area contributed by atoms with E-state index in [0.29, 0.717) is 28.6 Å². The van der Waals surface area contributed by atoms with Crippen LogP contribution in [-0.2, 0) is 0 Å². The van der Waals surface area contributed by atoms with Crippen LogP contribution in [0.25, 0.3) is 11.1 Å². The molecule has 0 saturated heterocycles. The molecule has 0 aliphatic carbocycles. The van der Waals surface area contributed by atoms with Gasteiger partial charge in [0.2, 0.25) is 5.95 Å². The van der Waals surface area contributed by atoms with Crippen molar-refractivity contribution in [3.63, 3.8) is 0 Å². The zero-order chi connectivity index (χ0) is 19.0. The van der Waals surface area contributed by atoms with Crippen LogP contribution in [0, 0.1) is 6.92 Å². The van der Waals surface area contributed by atoms with Gasteiger partial charge in [0.05, 0.1) is 5.02 Å². The SMILES string of the molecule is Cc1cnc(Nc2ccc(O)c(Cl)c2)nc1Nn1c(=O)oc2ccccc21. The van der Waals surface area contributed by atoms with Crippen LogP contribution in [0.4, 0.5) is 17.5 Å². The molecule has 0 atom stereocenters. The zero-order valence-corrected chi connectivity index (χ0v) is 14.9. The van der Waals surface area contributed by atoms with Crippen molar-refractivity contribution in [3.8, 4) is 5.75 Å². The van der Waals surface area contributed by atoms with E-state index in [9.17, 15) is 9.90 Å². The van der Waals surface area contributed by atoms with Gasteiger partial charge in [-0.2, -0.15) is 9.66 Å². The number of halogens is 1. The number of aromatic nitrogens is 3. The minimum Gasteiger partial charge on any atom is -0.506 e. The molecule has 0 saturated carbocycles. The minimum atomic E-state index is -0.547. The topological polar surface area (TPSA) is 105 Å². The highest BCUT2D eigenvalue weighted by molar-refractivity contribution is 6.32. The summed E-state index contributed by atoms with van der Waals surface area (Å²) in [6.45, 7) is 1.82. The maximum absolute atomic E-state index is 12.1. The Labute approximate surface area is 158 Å². The summed E-state index contributed by atoms with van der Waals surface area (Å²) < 4.78 is 6.49. The largest absolute Gasteiger partial charge is 0.506 e. The summed E-state index contributed by atoms with van der Waals surface area (Å²) >= 11 is 5.91. The Morgan fingerprint density at radius 1 is 1.22 bits per heavy atom. The highest BCUT2D eigenvalue weighted by atomic mass is 35.5. The van der Waals surface area contributed by atoms with Gasteiger partial charge in [-0.3, -0.25) is 5.43 Å². The predicted octanol–water partition coefficient (Wildman–Crippen LogP) is 3.67. The number of aryl methyl sites for hydroxylation is 1. The van der Waals surface area contributed by atoms with Crippen molar-refractivity contribution in [1.29, 1.82) is 0 Å². The summed E-state index contributed by atoms with van der Waals surface area (Å²) in [7, 11) is 0. The zero-order valence-electron chi connectivity index (χ0n) is 14.1. The quantitative estimate of drug-likeness (QED) is 0.462. The van der Waals surface area contributed by atoms with Crippen molar-refractivity contribution in [2.24, 2.45) is 0 Å². The molecule has 0 aliphatic heterocycles. The van der Waals surface area contributed by atoms with Crippen LogP contribution in [-0.4, -0.2) is 19.8 Å². The second-order valence-electron chi connectivity index (χ2n) is 5.80. The molecule has 0 aliphatic rings. The van der Waals surface area contributed by atoms with Gasteiger partial charge in [-0.1, -0.05) is 23.7 Å². The first-order valence-corrected chi connectivity index (χ1v) is 8.36. The molecule has 0 amide bonds. The fourth-order valence-electron chi connectivity index (χ4n) is 2.51. The number of nitrogens with zero attached hydrogens (tertiary/aromatic N) is 3. The number of rotatable bonds is 4. The Morgan fingerprint density at radius 2 is 2.04 bits per heavy atom. The molecule has 0 bridgehead atoms. The van der Waals surface area contributed by atoms with Crippen LogP contribution in [0.1, 0.15) is 5.56 Å². The summed E-state index contributed by atoms with van der Waals surface area (Å²) in [6.07, 6.45) is 1.62. The summed E-state index contributed by atoms with van der Waals surface area (Å²) in [5.74, 6) is 0.173. The molecule has 0 fully saturated rings. The highest BCUT2D eigenvalue weighted by Crippen LogP contribution is 2.27. The number of phenols is 1. The van der Waals surface area contributed by atoms with Crippen LogP contribution in [0.2, 0.25) is 5.02 Å². The second kappa shape index (κ2) is 6.65. The Bertz CT molecular complexity index is 1200. The predicted molar refractivity (Wildman–Crippen MR) is 103 cm³/mol. The van der Waals surface area contributed by atoms with Crippen molar-refractivity contribution >= 4 is 40.2 Å². The van der Waals surface area contributed by atoms with Crippen molar-refractivity contribution in [3.05, 3.63) is 69.8 Å². The smallest absolute Gasteiger partial charge is 0.439 e. The summed E-state index contributed by atoms with van der Waals surface area (Å²) in [6, 6.07) is 11.7. The van der Waals surface area contributed by atoms with E-state index in [1.165, 1.54) is 10.7 Å². The maximum Gasteiger partial charge on any atom is 0.439 e. The standard InChI is InChI=1S/C18H14ClN5O3/c1-10-9-20-17(21-11-6-7-14(25)12(19)8-11)22-16(10)23-24-13-4-2-3-5-15(13)27-18(24)26/h2-9,25H,1H3,(H2,20,21,22,23). The Morgan fingerprint density at radius 3 is 2.85 bits per heavy atom. The van der Waals surface area contributed by atoms with Gasteiger partial charge in [-0.15, -0.1) is 0 Å². The maximum atomic E-state index is 12.1. The van der Waals surface area contributed by atoms with Gasteiger partial charge >= 0.3 is 5.76 Å². The van der Waals surface area contributed by atoms with E-state index in [1.54, 1.807) is 36.5 Å². The Kier molecular flexibility index (Phi) is 4.17. The van der Waals surface area contributed by atoms with Crippen molar-refractivity contribution in [1.82, 2.24) is 14.6 Å². The molecule has 0 unspecified atom stereocenters. The number of phenolic OH excluding ortho intramolecular Hbond substituents is 1. The van der Waals surface area contributed by atoms with E-state index in [1.807, 2.05) is 13.0 Å². The van der Waals surface area contributed by atoms with Gasteiger partial charge in [0.1, 0.15) is 11.3 Å². The molecular weight excluding hydrogens is 370 g/mol. The van der Waals surface area contributed by atoms with Crippen LogP contribution in [0.15, 0.2) is 57.9 Å². The van der Waals surface area contributed by atoms with Gasteiger partial charge < -0.3 is 14.8 Å². The van der Waals surface area contributed by atoms with E-state index < -0.39 is 5.76 Å². The molecule has 9 heteroatoms. The minimum absolute atomic E-state index is 0.0133. The fourth-order valence-corrected chi connectivity index (χ4v) is 2.69. The van der Waals surface area contributed by atoms with Gasteiger partial charge in [0, 0.05) is 17.4 Å². The summed E-state index contributed by atoms with van der Waals surface area (Å²) in [5, 5.41) is 12.7. The number of benzene rings is 2. The lowest BCUT2D eigenvalue weighted by Crippen LogP contribution is -2.23. The number of para-hydroxylation sites is 2.